The molecule has 0 N–H and O–H groups in total. The molecule has 4 heteroatoms. The Bertz CT molecular complexity index is 402. The molecule has 88 valence electrons. The van der Waals surface area contributed by atoms with Gasteiger partial charge in [-0.05, 0) is 30.9 Å². The molecule has 0 fully saturated rings. The summed E-state index contributed by atoms with van der Waals surface area (Å²) in [5, 5.41) is 0.999. The van der Waals surface area contributed by atoms with Gasteiger partial charge in [-0.1, -0.05) is 0 Å². The van der Waals surface area contributed by atoms with E-state index < -0.39 is 0 Å². The van der Waals surface area contributed by atoms with Crippen LogP contribution in [0.4, 0.5) is 0 Å². The molecule has 1 rings (SSSR count). The number of thioether (sulfide) groups is 1. The second-order valence-electron chi connectivity index (χ2n) is 3.25. The summed E-state index contributed by atoms with van der Waals surface area (Å²) < 4.78 is 10.5. The normalized spacial score (nSPS) is 11.4. The third-order valence-electron chi connectivity index (χ3n) is 2.36. The minimum Gasteiger partial charge on any atom is -0.493 e. The van der Waals surface area contributed by atoms with E-state index in [1.165, 1.54) is 0 Å². The van der Waals surface area contributed by atoms with Gasteiger partial charge in [0, 0.05) is 12.6 Å². The van der Waals surface area contributed by atoms with Gasteiger partial charge in [0.1, 0.15) is 0 Å². The van der Waals surface area contributed by atoms with Crippen molar-refractivity contribution in [2.24, 2.45) is 4.99 Å². The number of aliphatic imine (C=N–C) groups is 1. The fourth-order valence-corrected chi connectivity index (χ4v) is 2.16. The molecule has 1 aromatic rings. The fourth-order valence-electron chi connectivity index (χ4n) is 1.53. The van der Waals surface area contributed by atoms with Crippen LogP contribution in [-0.2, 0) is 0 Å². The lowest BCUT2D eigenvalue weighted by Crippen LogP contribution is -2.01. The highest BCUT2D eigenvalue weighted by molar-refractivity contribution is 8.13. The van der Waals surface area contributed by atoms with Crippen LogP contribution in [0.2, 0.25) is 0 Å². The predicted octanol–water partition coefficient (Wildman–Crippen LogP) is 2.75. The van der Waals surface area contributed by atoms with Gasteiger partial charge in [0.15, 0.2) is 11.5 Å². The van der Waals surface area contributed by atoms with Gasteiger partial charge in [0.2, 0.25) is 0 Å². The van der Waals surface area contributed by atoms with Crippen molar-refractivity contribution < 1.29 is 9.47 Å². The summed E-state index contributed by atoms with van der Waals surface area (Å²) in [4.78, 5) is 4.25. The van der Waals surface area contributed by atoms with Crippen LogP contribution in [0.1, 0.15) is 11.1 Å². The lowest BCUT2D eigenvalue weighted by atomic mass is 10.1. The first-order chi connectivity index (χ1) is 7.67. The molecule has 16 heavy (non-hydrogen) atoms. The second-order valence-corrected chi connectivity index (χ2v) is 4.05. The molecule has 0 amide bonds. The van der Waals surface area contributed by atoms with Gasteiger partial charge in [-0.3, -0.25) is 4.99 Å². The van der Waals surface area contributed by atoms with Crippen molar-refractivity contribution in [2.75, 3.05) is 27.5 Å². The Morgan fingerprint density at radius 2 is 1.75 bits per heavy atom. The van der Waals surface area contributed by atoms with E-state index in [2.05, 4.69) is 4.99 Å². The summed E-state index contributed by atoms with van der Waals surface area (Å²) >= 11 is 1.62. The molecule has 0 saturated carbocycles. The topological polar surface area (TPSA) is 30.8 Å². The van der Waals surface area contributed by atoms with Crippen molar-refractivity contribution in [1.29, 1.82) is 0 Å². The maximum absolute atomic E-state index is 5.28. The molecule has 1 aromatic carbocycles. The molecule has 0 saturated heterocycles. The predicted molar refractivity (Wildman–Crippen MR) is 70.3 cm³/mol. The Balaban J connectivity index is 3.31. The minimum atomic E-state index is 0.735. The molecule has 0 aliphatic rings. The molecule has 0 aliphatic carbocycles. The summed E-state index contributed by atoms with van der Waals surface area (Å²) in [5.74, 6) is 1.48. The lowest BCUT2D eigenvalue weighted by molar-refractivity contribution is 0.354. The molecule has 0 aliphatic heterocycles. The van der Waals surface area contributed by atoms with Crippen molar-refractivity contribution in [3.05, 3.63) is 23.3 Å². The zero-order valence-corrected chi connectivity index (χ0v) is 11.1. The lowest BCUT2D eigenvalue weighted by Gasteiger charge is -2.13. The van der Waals surface area contributed by atoms with E-state index >= 15 is 0 Å². The number of methoxy groups -OCH3 is 2. The summed E-state index contributed by atoms with van der Waals surface area (Å²) in [6, 6.07) is 3.93. The van der Waals surface area contributed by atoms with Crippen molar-refractivity contribution in [3.8, 4) is 11.5 Å². The number of nitrogens with zero attached hydrogens (tertiary/aromatic N) is 1. The zero-order chi connectivity index (χ0) is 12.1. The van der Waals surface area contributed by atoms with Crippen LogP contribution in [0, 0.1) is 6.92 Å². The molecular formula is C12H17NO2S. The molecule has 3 nitrogen and oxygen atoms in total. The first-order valence-corrected chi connectivity index (χ1v) is 6.14. The monoisotopic (exact) mass is 239 g/mol. The van der Waals surface area contributed by atoms with Gasteiger partial charge >= 0.3 is 0 Å². The molecule has 0 heterocycles. The zero-order valence-electron chi connectivity index (χ0n) is 10.3. The number of ether oxygens (including phenoxy) is 2. The third-order valence-corrected chi connectivity index (χ3v) is 3.15. The second kappa shape index (κ2) is 5.80. The SMILES string of the molecule is CN=C(SC)c1cc(OC)c(OC)cc1C. The van der Waals surface area contributed by atoms with Crippen molar-refractivity contribution >= 4 is 16.8 Å². The molecule has 0 bridgehead atoms. The Labute approximate surface area is 101 Å². The summed E-state index contributed by atoms with van der Waals surface area (Å²) in [6.07, 6.45) is 2.01. The largest absolute Gasteiger partial charge is 0.493 e. The molecule has 0 unspecified atom stereocenters. The quantitative estimate of drug-likeness (QED) is 0.600. The number of rotatable bonds is 3. The average Bonchev–Trinajstić information content (AvgIpc) is 2.32. The number of aryl methyl sites for hydroxylation is 1. The van der Waals surface area contributed by atoms with Crippen LogP contribution < -0.4 is 9.47 Å². The maximum atomic E-state index is 5.28. The van der Waals surface area contributed by atoms with Gasteiger partial charge in [-0.25, -0.2) is 0 Å². The Morgan fingerprint density at radius 3 is 2.19 bits per heavy atom. The highest BCUT2D eigenvalue weighted by Crippen LogP contribution is 2.31. The van der Waals surface area contributed by atoms with Crippen LogP contribution in [0.3, 0.4) is 0 Å². The van der Waals surface area contributed by atoms with E-state index in [9.17, 15) is 0 Å². The maximum Gasteiger partial charge on any atom is 0.161 e. The summed E-state index contributed by atoms with van der Waals surface area (Å²) in [5.41, 5.74) is 2.22. The Kier molecular flexibility index (Phi) is 4.68. The van der Waals surface area contributed by atoms with Gasteiger partial charge in [-0.2, -0.15) is 0 Å². The standard InChI is InChI=1S/C12H17NO2S/c1-8-6-10(14-3)11(15-4)7-9(8)12(13-2)16-5/h6-7H,1-5H3. The Morgan fingerprint density at radius 1 is 1.19 bits per heavy atom. The van der Waals surface area contributed by atoms with Gasteiger partial charge in [0.25, 0.3) is 0 Å². The Hall–Kier alpha value is -1.16. The highest BCUT2D eigenvalue weighted by atomic mass is 32.2. The minimum absolute atomic E-state index is 0.735. The van der Waals surface area contributed by atoms with Crippen LogP contribution in [-0.4, -0.2) is 32.6 Å². The molecule has 0 radical (unpaired) electrons. The van der Waals surface area contributed by atoms with E-state index in [1.807, 2.05) is 25.3 Å². The van der Waals surface area contributed by atoms with Crippen molar-refractivity contribution in [1.82, 2.24) is 0 Å². The van der Waals surface area contributed by atoms with E-state index in [1.54, 1.807) is 33.0 Å². The molecule has 0 spiro atoms. The molecule has 0 atom stereocenters. The van der Waals surface area contributed by atoms with Crippen LogP contribution >= 0.6 is 11.8 Å². The van der Waals surface area contributed by atoms with E-state index in [-0.39, 0.29) is 0 Å². The van der Waals surface area contributed by atoms with Crippen molar-refractivity contribution in [2.45, 2.75) is 6.92 Å². The van der Waals surface area contributed by atoms with Gasteiger partial charge < -0.3 is 9.47 Å². The van der Waals surface area contributed by atoms with Gasteiger partial charge in [-0.15, -0.1) is 11.8 Å². The van der Waals surface area contributed by atoms with E-state index in [4.69, 9.17) is 9.47 Å². The summed E-state index contributed by atoms with van der Waals surface area (Å²) in [7, 11) is 5.07. The summed E-state index contributed by atoms with van der Waals surface area (Å²) in [6.45, 7) is 2.04. The van der Waals surface area contributed by atoms with E-state index in [0.717, 1.165) is 27.7 Å². The highest BCUT2D eigenvalue weighted by Gasteiger charge is 2.11. The van der Waals surface area contributed by atoms with E-state index in [0.29, 0.717) is 0 Å². The van der Waals surface area contributed by atoms with Crippen molar-refractivity contribution in [3.63, 3.8) is 0 Å². The number of benzene rings is 1. The molecule has 0 aromatic heterocycles. The molecular weight excluding hydrogens is 222 g/mol. The fraction of sp³-hybridized carbons (Fsp3) is 0.417. The average molecular weight is 239 g/mol. The van der Waals surface area contributed by atoms with Crippen LogP contribution in [0.5, 0.6) is 11.5 Å². The smallest absolute Gasteiger partial charge is 0.161 e. The third kappa shape index (κ3) is 2.50. The van der Waals surface area contributed by atoms with Gasteiger partial charge in [0.05, 0.1) is 19.3 Å². The number of hydrogen-bond donors (Lipinski definition) is 0. The van der Waals surface area contributed by atoms with Crippen LogP contribution in [0.15, 0.2) is 17.1 Å². The van der Waals surface area contributed by atoms with Crippen LogP contribution in [0.25, 0.3) is 0 Å². The first-order valence-electron chi connectivity index (χ1n) is 4.91. The number of hydrogen-bond acceptors (Lipinski definition) is 4. The first kappa shape index (κ1) is 12.9.